The molecule has 0 bridgehead atoms. The highest BCUT2D eigenvalue weighted by molar-refractivity contribution is 14.0. The topological polar surface area (TPSA) is 70.4 Å². The Labute approximate surface area is 176 Å². The van der Waals surface area contributed by atoms with Crippen LogP contribution in [0, 0.1) is 0 Å². The van der Waals surface area contributed by atoms with E-state index in [1.807, 2.05) is 15.9 Å². The Morgan fingerprint density at radius 3 is 2.81 bits per heavy atom. The zero-order valence-electron chi connectivity index (χ0n) is 15.4. The number of aromatic nitrogens is 3. The Balaban J connectivity index is 0.00000243. The Kier molecular flexibility index (Phi) is 8.63. The van der Waals surface area contributed by atoms with E-state index < -0.39 is 0 Å². The van der Waals surface area contributed by atoms with Crippen LogP contribution in [-0.4, -0.2) is 46.4 Å². The summed E-state index contributed by atoms with van der Waals surface area (Å²) in [5.74, 6) is 1.76. The molecule has 2 N–H and O–H groups in total. The Bertz CT molecular complexity index is 662. The lowest BCUT2D eigenvalue weighted by molar-refractivity contribution is 0.462. The number of hydrogen-bond donors (Lipinski definition) is 2. The smallest absolute Gasteiger partial charge is 0.191 e. The van der Waals surface area contributed by atoms with Gasteiger partial charge in [-0.3, -0.25) is 0 Å². The van der Waals surface area contributed by atoms with Gasteiger partial charge in [-0.15, -0.1) is 45.5 Å². The van der Waals surface area contributed by atoms with Gasteiger partial charge in [-0.05, 0) is 44.2 Å². The molecule has 7 nitrogen and oxygen atoms in total. The standard InChI is InChI=1S/C17H27N7S.HI/c1-3-18-17(19-12-15-22-20-13-23(15)4-2)21-14-7-9-24(10-8-14)16-6-5-11-25-16;/h5-6,11,13-14H,3-4,7-10,12H2,1-2H3,(H2,18,19,21);1H. The highest BCUT2D eigenvalue weighted by atomic mass is 127. The summed E-state index contributed by atoms with van der Waals surface area (Å²) in [6, 6.07) is 4.78. The predicted molar refractivity (Wildman–Crippen MR) is 119 cm³/mol. The van der Waals surface area contributed by atoms with Crippen LogP contribution in [0.1, 0.15) is 32.5 Å². The third-order valence-corrected chi connectivity index (χ3v) is 5.34. The molecule has 0 spiro atoms. The molecule has 1 aliphatic heterocycles. The van der Waals surface area contributed by atoms with Gasteiger partial charge in [-0.2, -0.15) is 0 Å². The van der Waals surface area contributed by atoms with E-state index in [0.717, 1.165) is 50.8 Å². The van der Waals surface area contributed by atoms with E-state index in [1.54, 1.807) is 6.33 Å². The van der Waals surface area contributed by atoms with E-state index in [4.69, 9.17) is 0 Å². The van der Waals surface area contributed by atoms with Crippen LogP contribution in [0.3, 0.4) is 0 Å². The monoisotopic (exact) mass is 489 g/mol. The summed E-state index contributed by atoms with van der Waals surface area (Å²) >= 11 is 1.82. The van der Waals surface area contributed by atoms with E-state index in [2.05, 4.69) is 62.1 Å². The second-order valence-corrected chi connectivity index (χ2v) is 7.01. The van der Waals surface area contributed by atoms with Crippen molar-refractivity contribution in [2.45, 2.75) is 45.8 Å². The van der Waals surface area contributed by atoms with E-state index >= 15 is 0 Å². The molecule has 1 fully saturated rings. The molecule has 0 radical (unpaired) electrons. The first-order valence-electron chi connectivity index (χ1n) is 9.00. The molecule has 0 saturated carbocycles. The number of rotatable bonds is 6. The van der Waals surface area contributed by atoms with Crippen LogP contribution in [0.15, 0.2) is 28.8 Å². The first-order valence-corrected chi connectivity index (χ1v) is 9.88. The molecule has 144 valence electrons. The third kappa shape index (κ3) is 5.57. The average molecular weight is 489 g/mol. The van der Waals surface area contributed by atoms with Crippen LogP contribution in [0.2, 0.25) is 0 Å². The van der Waals surface area contributed by atoms with Gasteiger partial charge in [0.15, 0.2) is 11.8 Å². The molecule has 2 aromatic heterocycles. The number of anilines is 1. The average Bonchev–Trinajstić information content (AvgIpc) is 3.32. The van der Waals surface area contributed by atoms with Gasteiger partial charge < -0.3 is 20.1 Å². The van der Waals surface area contributed by atoms with Crippen molar-refractivity contribution >= 4 is 46.3 Å². The van der Waals surface area contributed by atoms with Crippen LogP contribution in [0.5, 0.6) is 0 Å². The molecule has 3 heterocycles. The largest absolute Gasteiger partial charge is 0.363 e. The summed E-state index contributed by atoms with van der Waals surface area (Å²) in [6.45, 7) is 8.59. The first kappa shape index (κ1) is 20.9. The normalized spacial score (nSPS) is 15.6. The minimum Gasteiger partial charge on any atom is -0.363 e. The van der Waals surface area contributed by atoms with Gasteiger partial charge in [0.1, 0.15) is 12.9 Å². The molecule has 0 unspecified atom stereocenters. The first-order chi connectivity index (χ1) is 12.3. The number of aliphatic imine (C=N–C) groups is 1. The molecule has 0 atom stereocenters. The van der Waals surface area contributed by atoms with Gasteiger partial charge in [0.25, 0.3) is 0 Å². The van der Waals surface area contributed by atoms with Crippen molar-refractivity contribution in [3.8, 4) is 0 Å². The number of guanidine groups is 1. The summed E-state index contributed by atoms with van der Waals surface area (Å²) in [5.41, 5.74) is 0. The van der Waals surface area contributed by atoms with E-state index in [9.17, 15) is 0 Å². The minimum absolute atomic E-state index is 0. The molecule has 26 heavy (non-hydrogen) atoms. The third-order valence-electron chi connectivity index (χ3n) is 4.41. The zero-order chi connectivity index (χ0) is 17.5. The maximum absolute atomic E-state index is 4.69. The highest BCUT2D eigenvalue weighted by Crippen LogP contribution is 2.24. The van der Waals surface area contributed by atoms with Gasteiger partial charge in [0, 0.05) is 32.2 Å². The van der Waals surface area contributed by atoms with Gasteiger partial charge in [-0.1, -0.05) is 0 Å². The molecule has 3 rings (SSSR count). The number of nitrogens with zero attached hydrogens (tertiary/aromatic N) is 5. The number of nitrogens with one attached hydrogen (secondary N) is 2. The quantitative estimate of drug-likeness (QED) is 0.371. The number of aryl methyl sites for hydroxylation is 1. The molecule has 1 aliphatic rings. The maximum atomic E-state index is 4.69. The van der Waals surface area contributed by atoms with Crippen LogP contribution in [0.4, 0.5) is 5.00 Å². The Hall–Kier alpha value is -1.36. The maximum Gasteiger partial charge on any atom is 0.191 e. The van der Waals surface area contributed by atoms with Gasteiger partial charge in [0.05, 0.1) is 5.00 Å². The van der Waals surface area contributed by atoms with Gasteiger partial charge >= 0.3 is 0 Å². The zero-order valence-corrected chi connectivity index (χ0v) is 18.5. The fourth-order valence-electron chi connectivity index (χ4n) is 3.02. The second kappa shape index (κ2) is 10.7. The molecule has 9 heteroatoms. The molecular weight excluding hydrogens is 461 g/mol. The van der Waals surface area contributed by atoms with Crippen LogP contribution in [-0.2, 0) is 13.1 Å². The summed E-state index contributed by atoms with van der Waals surface area (Å²) in [7, 11) is 0. The molecule has 0 aromatic carbocycles. The van der Waals surface area contributed by atoms with Crippen LogP contribution in [0.25, 0.3) is 0 Å². The number of halogens is 1. The molecule has 1 saturated heterocycles. The number of hydrogen-bond acceptors (Lipinski definition) is 5. The van der Waals surface area contributed by atoms with Gasteiger partial charge in [0.2, 0.25) is 0 Å². The van der Waals surface area contributed by atoms with E-state index in [-0.39, 0.29) is 24.0 Å². The number of piperidine rings is 1. The van der Waals surface area contributed by atoms with Crippen LogP contribution < -0.4 is 15.5 Å². The second-order valence-electron chi connectivity index (χ2n) is 6.09. The van der Waals surface area contributed by atoms with Crippen LogP contribution >= 0.6 is 35.3 Å². The van der Waals surface area contributed by atoms with E-state index in [0.29, 0.717) is 12.6 Å². The van der Waals surface area contributed by atoms with Crippen molar-refractivity contribution in [2.24, 2.45) is 4.99 Å². The fourth-order valence-corrected chi connectivity index (χ4v) is 3.81. The van der Waals surface area contributed by atoms with Crippen molar-refractivity contribution in [3.05, 3.63) is 29.7 Å². The fraction of sp³-hybridized carbons (Fsp3) is 0.588. The predicted octanol–water partition coefficient (Wildman–Crippen LogP) is 2.70. The van der Waals surface area contributed by atoms with Gasteiger partial charge in [-0.25, -0.2) is 4.99 Å². The molecule has 0 amide bonds. The highest BCUT2D eigenvalue weighted by Gasteiger charge is 2.20. The summed E-state index contributed by atoms with van der Waals surface area (Å²) in [5, 5.41) is 18.5. The Morgan fingerprint density at radius 2 is 2.15 bits per heavy atom. The Morgan fingerprint density at radius 1 is 1.35 bits per heavy atom. The van der Waals surface area contributed by atoms with E-state index in [1.165, 1.54) is 5.00 Å². The summed E-state index contributed by atoms with van der Waals surface area (Å²) < 4.78 is 2.02. The van der Waals surface area contributed by atoms with Crippen molar-refractivity contribution in [1.82, 2.24) is 25.4 Å². The SMILES string of the molecule is CCNC(=NCc1nncn1CC)NC1CCN(c2cccs2)CC1.I. The minimum atomic E-state index is 0. The lowest BCUT2D eigenvalue weighted by atomic mass is 10.1. The van der Waals surface area contributed by atoms with Crippen molar-refractivity contribution in [2.75, 3.05) is 24.5 Å². The lowest BCUT2D eigenvalue weighted by Gasteiger charge is -2.33. The lowest BCUT2D eigenvalue weighted by Crippen LogP contribution is -2.48. The van der Waals surface area contributed by atoms with Crippen molar-refractivity contribution in [3.63, 3.8) is 0 Å². The molecule has 0 aliphatic carbocycles. The number of thiophene rings is 1. The van der Waals surface area contributed by atoms with Crippen molar-refractivity contribution in [1.29, 1.82) is 0 Å². The molecular formula is C17H28IN7S. The summed E-state index contributed by atoms with van der Waals surface area (Å²) in [6.07, 6.45) is 3.99. The molecule has 2 aromatic rings. The summed E-state index contributed by atoms with van der Waals surface area (Å²) in [4.78, 5) is 7.16. The van der Waals surface area contributed by atoms with Crippen molar-refractivity contribution < 1.29 is 0 Å².